The summed E-state index contributed by atoms with van der Waals surface area (Å²) >= 11 is 0. The van der Waals surface area contributed by atoms with E-state index in [0.717, 1.165) is 38.1 Å². The maximum absolute atomic E-state index is 12.0. The minimum absolute atomic E-state index is 0.128. The molecule has 0 bridgehead atoms. The monoisotopic (exact) mass is 238 g/mol. The molecule has 1 atom stereocenters. The number of nitrogens with zero attached hydrogens (tertiary/aromatic N) is 1. The largest absolute Gasteiger partial charge is 0.393 e. The molecule has 3 aliphatic rings. The van der Waals surface area contributed by atoms with Gasteiger partial charge in [0.15, 0.2) is 0 Å². The van der Waals surface area contributed by atoms with E-state index < -0.39 is 0 Å². The van der Waals surface area contributed by atoms with Gasteiger partial charge in [-0.15, -0.1) is 0 Å². The molecule has 4 heteroatoms. The number of rotatable bonds is 2. The van der Waals surface area contributed by atoms with E-state index in [1.165, 1.54) is 19.3 Å². The summed E-state index contributed by atoms with van der Waals surface area (Å²) in [5, 5.41) is 12.6. The molecule has 1 heterocycles. The lowest BCUT2D eigenvalue weighted by molar-refractivity contribution is 0.0891. The van der Waals surface area contributed by atoms with Gasteiger partial charge in [0.05, 0.1) is 12.1 Å². The van der Waals surface area contributed by atoms with Crippen molar-refractivity contribution in [3.63, 3.8) is 0 Å². The Morgan fingerprint density at radius 1 is 1.12 bits per heavy atom. The van der Waals surface area contributed by atoms with Crippen molar-refractivity contribution < 1.29 is 9.90 Å². The van der Waals surface area contributed by atoms with Crippen LogP contribution in [0.5, 0.6) is 0 Å². The Morgan fingerprint density at radius 2 is 1.82 bits per heavy atom. The van der Waals surface area contributed by atoms with E-state index in [2.05, 4.69) is 5.32 Å². The maximum Gasteiger partial charge on any atom is 0.318 e. The van der Waals surface area contributed by atoms with Crippen molar-refractivity contribution in [1.82, 2.24) is 10.2 Å². The number of aliphatic hydroxyl groups excluding tert-OH is 1. The Hall–Kier alpha value is -0.770. The fourth-order valence-corrected chi connectivity index (χ4v) is 3.38. The molecule has 1 unspecified atom stereocenters. The van der Waals surface area contributed by atoms with Crippen LogP contribution in [0.1, 0.15) is 44.9 Å². The van der Waals surface area contributed by atoms with Gasteiger partial charge in [-0.2, -0.15) is 0 Å². The molecule has 0 radical (unpaired) electrons. The summed E-state index contributed by atoms with van der Waals surface area (Å²) in [5.74, 6) is 0.720. The quantitative estimate of drug-likeness (QED) is 0.765. The number of aliphatic hydroxyl groups is 1. The Kier molecular flexibility index (Phi) is 2.99. The number of hydrogen-bond donors (Lipinski definition) is 2. The van der Waals surface area contributed by atoms with E-state index in [0.29, 0.717) is 12.1 Å². The zero-order valence-corrected chi connectivity index (χ0v) is 10.3. The minimum Gasteiger partial charge on any atom is -0.393 e. The fourth-order valence-electron chi connectivity index (χ4n) is 3.38. The fraction of sp³-hybridized carbons (Fsp3) is 0.923. The van der Waals surface area contributed by atoms with E-state index >= 15 is 0 Å². The van der Waals surface area contributed by atoms with Gasteiger partial charge in [-0.3, -0.25) is 0 Å². The molecule has 3 fully saturated rings. The molecule has 1 aliphatic heterocycles. The van der Waals surface area contributed by atoms with Crippen LogP contribution in [0.4, 0.5) is 4.79 Å². The first-order valence-electron chi connectivity index (χ1n) is 6.99. The summed E-state index contributed by atoms with van der Waals surface area (Å²) in [6.45, 7) is 0.893. The predicted molar refractivity (Wildman–Crippen MR) is 64.6 cm³/mol. The summed E-state index contributed by atoms with van der Waals surface area (Å²) in [6, 6.07) is 0.884. The topological polar surface area (TPSA) is 52.6 Å². The number of nitrogens with one attached hydrogen (secondary N) is 1. The normalized spacial score (nSPS) is 39.0. The van der Waals surface area contributed by atoms with E-state index in [1.807, 2.05) is 4.90 Å². The molecule has 0 aromatic carbocycles. The van der Waals surface area contributed by atoms with Crippen LogP contribution in [0.15, 0.2) is 0 Å². The lowest BCUT2D eigenvalue weighted by Gasteiger charge is -2.33. The molecule has 96 valence electrons. The van der Waals surface area contributed by atoms with Crippen molar-refractivity contribution in [2.75, 3.05) is 6.54 Å². The van der Waals surface area contributed by atoms with Crippen LogP contribution in [-0.4, -0.2) is 40.8 Å². The summed E-state index contributed by atoms with van der Waals surface area (Å²) in [7, 11) is 0. The van der Waals surface area contributed by atoms with Crippen molar-refractivity contribution in [2.45, 2.75) is 63.1 Å². The SMILES string of the molecule is O=C1NC(C2CCC2)CN1C1CCC(O)CC1. The summed E-state index contributed by atoms with van der Waals surface area (Å²) in [4.78, 5) is 14.0. The summed E-state index contributed by atoms with van der Waals surface area (Å²) in [5.41, 5.74) is 0. The highest BCUT2D eigenvalue weighted by molar-refractivity contribution is 5.77. The van der Waals surface area contributed by atoms with Crippen molar-refractivity contribution in [3.8, 4) is 0 Å². The van der Waals surface area contributed by atoms with Crippen LogP contribution in [-0.2, 0) is 0 Å². The van der Waals surface area contributed by atoms with Crippen molar-refractivity contribution in [2.24, 2.45) is 5.92 Å². The van der Waals surface area contributed by atoms with E-state index in [4.69, 9.17) is 0 Å². The molecule has 2 N–H and O–H groups in total. The Labute approximate surface area is 102 Å². The second-order valence-corrected chi connectivity index (χ2v) is 5.86. The molecule has 4 nitrogen and oxygen atoms in total. The van der Waals surface area contributed by atoms with Gasteiger partial charge < -0.3 is 15.3 Å². The van der Waals surface area contributed by atoms with Gasteiger partial charge >= 0.3 is 6.03 Å². The third-order valence-electron chi connectivity index (χ3n) is 4.79. The number of hydrogen-bond acceptors (Lipinski definition) is 2. The van der Waals surface area contributed by atoms with Crippen LogP contribution in [0, 0.1) is 5.92 Å². The van der Waals surface area contributed by atoms with Gasteiger partial charge in [0.1, 0.15) is 0 Å². The molecular weight excluding hydrogens is 216 g/mol. The molecule has 2 saturated carbocycles. The number of carbonyl (C=O) groups excluding carboxylic acids is 1. The molecule has 2 amide bonds. The third kappa shape index (κ3) is 2.15. The van der Waals surface area contributed by atoms with Crippen molar-refractivity contribution >= 4 is 6.03 Å². The second-order valence-electron chi connectivity index (χ2n) is 5.86. The minimum atomic E-state index is -0.139. The maximum atomic E-state index is 12.0. The summed E-state index contributed by atoms with van der Waals surface area (Å²) < 4.78 is 0. The lowest BCUT2D eigenvalue weighted by Crippen LogP contribution is -2.41. The average Bonchev–Trinajstić information content (AvgIpc) is 2.59. The van der Waals surface area contributed by atoms with E-state index in [1.54, 1.807) is 0 Å². The zero-order chi connectivity index (χ0) is 11.8. The Bertz CT molecular complexity index is 296. The first-order chi connectivity index (χ1) is 8.24. The number of amides is 2. The summed E-state index contributed by atoms with van der Waals surface area (Å²) in [6.07, 6.45) is 7.37. The second kappa shape index (κ2) is 4.48. The van der Waals surface area contributed by atoms with Crippen molar-refractivity contribution in [3.05, 3.63) is 0 Å². The average molecular weight is 238 g/mol. The van der Waals surface area contributed by atoms with Crippen molar-refractivity contribution in [1.29, 1.82) is 0 Å². The van der Waals surface area contributed by atoms with Gasteiger partial charge in [0.25, 0.3) is 0 Å². The van der Waals surface area contributed by atoms with Crippen LogP contribution < -0.4 is 5.32 Å². The van der Waals surface area contributed by atoms with Crippen LogP contribution in [0.3, 0.4) is 0 Å². The van der Waals surface area contributed by atoms with Crippen LogP contribution in [0.25, 0.3) is 0 Å². The molecule has 1 saturated heterocycles. The molecule has 3 rings (SSSR count). The highest BCUT2D eigenvalue weighted by Gasteiger charge is 2.40. The van der Waals surface area contributed by atoms with Gasteiger partial charge in [-0.05, 0) is 44.4 Å². The van der Waals surface area contributed by atoms with Crippen LogP contribution in [0.2, 0.25) is 0 Å². The van der Waals surface area contributed by atoms with Crippen LogP contribution >= 0.6 is 0 Å². The first kappa shape index (κ1) is 11.3. The van der Waals surface area contributed by atoms with Gasteiger partial charge in [0, 0.05) is 12.6 Å². The Morgan fingerprint density at radius 3 is 2.41 bits per heavy atom. The predicted octanol–water partition coefficient (Wildman–Crippen LogP) is 1.48. The number of urea groups is 1. The standard InChI is InChI=1S/C13H22N2O2/c16-11-6-4-10(5-7-11)15-8-12(14-13(15)17)9-2-1-3-9/h9-12,16H,1-8H2,(H,14,17). The molecule has 2 aliphatic carbocycles. The Balaban J connectivity index is 1.58. The molecule has 0 spiro atoms. The molecule has 0 aromatic heterocycles. The molecule has 0 aromatic rings. The number of carbonyl (C=O) groups is 1. The lowest BCUT2D eigenvalue weighted by atomic mass is 9.80. The zero-order valence-electron chi connectivity index (χ0n) is 10.3. The van der Waals surface area contributed by atoms with Gasteiger partial charge in [-0.25, -0.2) is 4.79 Å². The third-order valence-corrected chi connectivity index (χ3v) is 4.79. The first-order valence-corrected chi connectivity index (χ1v) is 6.99. The highest BCUT2D eigenvalue weighted by Crippen LogP contribution is 2.33. The van der Waals surface area contributed by atoms with Gasteiger partial charge in [-0.1, -0.05) is 6.42 Å². The van der Waals surface area contributed by atoms with E-state index in [9.17, 15) is 9.90 Å². The smallest absolute Gasteiger partial charge is 0.318 e. The molecule has 17 heavy (non-hydrogen) atoms. The van der Waals surface area contributed by atoms with E-state index in [-0.39, 0.29) is 12.1 Å². The highest BCUT2D eigenvalue weighted by atomic mass is 16.3. The van der Waals surface area contributed by atoms with Gasteiger partial charge in [0.2, 0.25) is 0 Å². The molecular formula is C13H22N2O2.